The Bertz CT molecular complexity index is 313. The molecule has 0 spiro atoms. The van der Waals surface area contributed by atoms with E-state index in [1.165, 1.54) is 0 Å². The number of aliphatic hydroxyl groups excluding tert-OH is 1. The molecule has 0 fully saturated rings. The van der Waals surface area contributed by atoms with Gasteiger partial charge in [0.25, 0.3) is 0 Å². The maximum Gasteiger partial charge on any atom is 0.0964 e. The molecule has 2 nitrogen and oxygen atoms in total. The maximum atomic E-state index is 9.94. The van der Waals surface area contributed by atoms with E-state index in [2.05, 4.69) is 31.9 Å². The van der Waals surface area contributed by atoms with Gasteiger partial charge in [-0.1, -0.05) is 31.9 Å². The zero-order chi connectivity index (χ0) is 10.9. The minimum atomic E-state index is -0.670. The van der Waals surface area contributed by atoms with Crippen molar-refractivity contribution in [2.45, 2.75) is 25.5 Å². The van der Waals surface area contributed by atoms with Crippen LogP contribution >= 0.6 is 31.9 Å². The second kappa shape index (κ2) is 4.31. The quantitative estimate of drug-likeness (QED) is 0.879. The Balaban J connectivity index is 3.07. The van der Waals surface area contributed by atoms with Crippen LogP contribution in [0.4, 0.5) is 0 Å². The van der Waals surface area contributed by atoms with E-state index in [4.69, 9.17) is 5.73 Å². The van der Waals surface area contributed by atoms with Crippen LogP contribution in [0.25, 0.3) is 0 Å². The van der Waals surface area contributed by atoms with Crippen molar-refractivity contribution in [3.8, 4) is 0 Å². The first-order chi connectivity index (χ1) is 6.30. The Labute approximate surface area is 101 Å². The van der Waals surface area contributed by atoms with Gasteiger partial charge in [0.2, 0.25) is 0 Å². The van der Waals surface area contributed by atoms with Gasteiger partial charge in [-0.25, -0.2) is 0 Å². The summed E-state index contributed by atoms with van der Waals surface area (Å²) in [6.45, 7) is 3.60. The van der Waals surface area contributed by atoms with Crippen molar-refractivity contribution in [1.29, 1.82) is 0 Å². The van der Waals surface area contributed by atoms with Crippen LogP contribution in [0.2, 0.25) is 0 Å². The van der Waals surface area contributed by atoms with Crippen molar-refractivity contribution in [1.82, 2.24) is 0 Å². The molecule has 0 aromatic heterocycles. The predicted molar refractivity (Wildman–Crippen MR) is 65.1 cm³/mol. The summed E-state index contributed by atoms with van der Waals surface area (Å²) in [6.07, 6.45) is -0.670. The van der Waals surface area contributed by atoms with Crippen molar-refractivity contribution in [2.24, 2.45) is 5.73 Å². The van der Waals surface area contributed by atoms with Crippen LogP contribution in [0.5, 0.6) is 0 Å². The SMILES string of the molecule is CC(C)(N)C(O)c1cc(Br)cc(Br)c1. The van der Waals surface area contributed by atoms with Gasteiger partial charge in [-0.3, -0.25) is 0 Å². The lowest BCUT2D eigenvalue weighted by atomic mass is 9.93. The van der Waals surface area contributed by atoms with Crippen molar-refractivity contribution >= 4 is 31.9 Å². The largest absolute Gasteiger partial charge is 0.387 e. The Morgan fingerprint density at radius 1 is 1.21 bits per heavy atom. The Hall–Kier alpha value is 0.1000. The zero-order valence-electron chi connectivity index (χ0n) is 8.09. The molecule has 3 N–H and O–H groups in total. The smallest absolute Gasteiger partial charge is 0.0964 e. The highest BCUT2D eigenvalue weighted by atomic mass is 79.9. The molecule has 14 heavy (non-hydrogen) atoms. The van der Waals surface area contributed by atoms with Gasteiger partial charge >= 0.3 is 0 Å². The van der Waals surface area contributed by atoms with Gasteiger partial charge in [0.15, 0.2) is 0 Å². The lowest BCUT2D eigenvalue weighted by molar-refractivity contribution is 0.104. The highest BCUT2D eigenvalue weighted by Gasteiger charge is 2.24. The fraction of sp³-hybridized carbons (Fsp3) is 0.400. The van der Waals surface area contributed by atoms with E-state index < -0.39 is 11.6 Å². The summed E-state index contributed by atoms with van der Waals surface area (Å²) >= 11 is 6.73. The van der Waals surface area contributed by atoms with Crippen molar-refractivity contribution < 1.29 is 5.11 Å². The molecule has 1 rings (SSSR count). The van der Waals surface area contributed by atoms with E-state index in [0.717, 1.165) is 14.5 Å². The normalized spacial score (nSPS) is 14.1. The van der Waals surface area contributed by atoms with Gasteiger partial charge in [0.05, 0.1) is 6.10 Å². The van der Waals surface area contributed by atoms with E-state index in [9.17, 15) is 5.11 Å². The number of hydrogen-bond donors (Lipinski definition) is 2. The average molecular weight is 323 g/mol. The molecular weight excluding hydrogens is 310 g/mol. The molecule has 1 aromatic rings. The molecule has 4 heteroatoms. The lowest BCUT2D eigenvalue weighted by Gasteiger charge is -2.26. The molecule has 1 atom stereocenters. The summed E-state index contributed by atoms with van der Waals surface area (Å²) < 4.78 is 1.84. The summed E-state index contributed by atoms with van der Waals surface area (Å²) in [6, 6.07) is 5.65. The third-order valence-corrected chi connectivity index (χ3v) is 2.82. The molecule has 0 heterocycles. The van der Waals surface area contributed by atoms with Gasteiger partial charge < -0.3 is 10.8 Å². The second-order valence-corrected chi connectivity index (χ2v) is 5.76. The number of hydrogen-bond acceptors (Lipinski definition) is 2. The van der Waals surface area contributed by atoms with Crippen LogP contribution in [-0.2, 0) is 0 Å². The molecular formula is C10H13Br2NO. The number of aliphatic hydroxyl groups is 1. The Morgan fingerprint density at radius 2 is 1.64 bits per heavy atom. The van der Waals surface area contributed by atoms with E-state index in [-0.39, 0.29) is 0 Å². The molecule has 0 saturated heterocycles. The molecule has 0 amide bonds. The summed E-state index contributed by atoms with van der Waals surface area (Å²) in [5.74, 6) is 0. The molecule has 78 valence electrons. The summed E-state index contributed by atoms with van der Waals surface area (Å²) in [5, 5.41) is 9.94. The summed E-state index contributed by atoms with van der Waals surface area (Å²) in [7, 11) is 0. The van der Waals surface area contributed by atoms with Gasteiger partial charge in [-0.2, -0.15) is 0 Å². The average Bonchev–Trinajstić information content (AvgIpc) is 1.99. The van der Waals surface area contributed by atoms with Gasteiger partial charge in [0.1, 0.15) is 0 Å². The number of nitrogens with two attached hydrogens (primary N) is 1. The summed E-state index contributed by atoms with van der Waals surface area (Å²) in [4.78, 5) is 0. The van der Waals surface area contributed by atoms with Crippen LogP contribution < -0.4 is 5.73 Å². The molecule has 0 bridgehead atoms. The molecule has 0 aliphatic heterocycles. The first-order valence-corrected chi connectivity index (χ1v) is 5.82. The Kier molecular flexibility index (Phi) is 3.75. The van der Waals surface area contributed by atoms with Gasteiger partial charge in [-0.05, 0) is 37.6 Å². The maximum absolute atomic E-state index is 9.94. The van der Waals surface area contributed by atoms with Crippen LogP contribution in [0.3, 0.4) is 0 Å². The lowest BCUT2D eigenvalue weighted by Crippen LogP contribution is -2.39. The fourth-order valence-corrected chi connectivity index (χ4v) is 2.49. The molecule has 1 aromatic carbocycles. The van der Waals surface area contributed by atoms with Gasteiger partial charge in [-0.15, -0.1) is 0 Å². The highest BCUT2D eigenvalue weighted by Crippen LogP contribution is 2.28. The van der Waals surface area contributed by atoms with Crippen LogP contribution in [0.15, 0.2) is 27.1 Å². The minimum absolute atomic E-state index is 0.639. The van der Waals surface area contributed by atoms with Crippen LogP contribution in [-0.4, -0.2) is 10.6 Å². The van der Waals surface area contributed by atoms with E-state index in [1.54, 1.807) is 13.8 Å². The highest BCUT2D eigenvalue weighted by molar-refractivity contribution is 9.11. The fourth-order valence-electron chi connectivity index (χ4n) is 1.16. The first kappa shape index (κ1) is 12.2. The number of halogens is 2. The van der Waals surface area contributed by atoms with Crippen LogP contribution in [0, 0.1) is 0 Å². The second-order valence-electron chi connectivity index (χ2n) is 3.93. The third kappa shape index (κ3) is 3.05. The third-order valence-electron chi connectivity index (χ3n) is 1.91. The monoisotopic (exact) mass is 321 g/mol. The number of benzene rings is 1. The van der Waals surface area contributed by atoms with Crippen LogP contribution in [0.1, 0.15) is 25.5 Å². The molecule has 0 radical (unpaired) electrons. The molecule has 1 unspecified atom stereocenters. The van der Waals surface area contributed by atoms with E-state index in [0.29, 0.717) is 0 Å². The Morgan fingerprint density at radius 3 is 2.00 bits per heavy atom. The van der Waals surface area contributed by atoms with E-state index >= 15 is 0 Å². The molecule has 0 aliphatic rings. The minimum Gasteiger partial charge on any atom is -0.387 e. The predicted octanol–water partition coefficient (Wildman–Crippen LogP) is 2.98. The van der Waals surface area contributed by atoms with Crippen molar-refractivity contribution in [3.63, 3.8) is 0 Å². The topological polar surface area (TPSA) is 46.2 Å². The number of rotatable bonds is 2. The van der Waals surface area contributed by atoms with Gasteiger partial charge in [0, 0.05) is 14.5 Å². The standard InChI is InChI=1S/C10H13Br2NO/c1-10(2,13)9(14)6-3-7(11)5-8(12)4-6/h3-5,9,14H,13H2,1-2H3. The van der Waals surface area contributed by atoms with Crippen molar-refractivity contribution in [2.75, 3.05) is 0 Å². The molecule has 0 saturated carbocycles. The van der Waals surface area contributed by atoms with E-state index in [1.807, 2.05) is 18.2 Å². The zero-order valence-corrected chi connectivity index (χ0v) is 11.3. The summed E-state index contributed by atoms with van der Waals surface area (Å²) in [5.41, 5.74) is 6.00. The van der Waals surface area contributed by atoms with Crippen molar-refractivity contribution in [3.05, 3.63) is 32.7 Å². The first-order valence-electron chi connectivity index (χ1n) is 4.23. The molecule has 0 aliphatic carbocycles.